The Labute approximate surface area is 130 Å². The smallest absolute Gasteiger partial charge is 0.200 e. The molecule has 106 valence electrons. The van der Waals surface area contributed by atoms with Crippen molar-refractivity contribution in [2.45, 2.75) is 20.0 Å². The summed E-state index contributed by atoms with van der Waals surface area (Å²) in [4.78, 5) is 4.04. The highest BCUT2D eigenvalue weighted by Crippen LogP contribution is 2.26. The van der Waals surface area contributed by atoms with Crippen molar-refractivity contribution in [3.63, 3.8) is 0 Å². The van der Waals surface area contributed by atoms with Crippen LogP contribution in [-0.2, 0) is 4.74 Å². The molecule has 1 aromatic heterocycles. The lowest BCUT2D eigenvalue weighted by molar-refractivity contribution is 0.230. The second kappa shape index (κ2) is 6.45. The van der Waals surface area contributed by atoms with Crippen molar-refractivity contribution >= 4 is 44.1 Å². The normalized spacial score (nSPS) is 12.2. The molecule has 6 heteroatoms. The van der Waals surface area contributed by atoms with Gasteiger partial charge in [0.25, 0.3) is 0 Å². The lowest BCUT2D eigenvalue weighted by Crippen LogP contribution is -2.24. The van der Waals surface area contributed by atoms with E-state index < -0.39 is 11.9 Å². The molecule has 0 aliphatic carbocycles. The zero-order valence-corrected chi connectivity index (χ0v) is 13.4. The summed E-state index contributed by atoms with van der Waals surface area (Å²) in [6.45, 7) is 4.09. The van der Waals surface area contributed by atoms with Gasteiger partial charge in [-0.15, -0.1) is 0 Å². The van der Waals surface area contributed by atoms with Crippen LogP contribution >= 0.6 is 28.1 Å². The number of fused-ring (bicyclic) bond motifs is 1. The van der Waals surface area contributed by atoms with E-state index >= 15 is 0 Å². The molecule has 0 aliphatic rings. The molecular formula is C14H13BrFNO2S. The second-order valence-electron chi connectivity index (χ2n) is 4.14. The van der Waals surface area contributed by atoms with Crippen molar-refractivity contribution in [2.75, 3.05) is 6.61 Å². The molecule has 1 atom stereocenters. The van der Waals surface area contributed by atoms with Crippen molar-refractivity contribution < 1.29 is 13.9 Å². The SMILES string of the molecule is CCOC(=S)C(C)Oc1cc(F)c2ncc(Br)cc2c1. The Hall–Kier alpha value is -1.27. The molecule has 0 N–H and O–H groups in total. The first-order chi connectivity index (χ1) is 9.51. The van der Waals surface area contributed by atoms with Crippen molar-refractivity contribution in [3.05, 3.63) is 34.7 Å². The van der Waals surface area contributed by atoms with Crippen LogP contribution in [0.2, 0.25) is 0 Å². The number of rotatable bonds is 4. The van der Waals surface area contributed by atoms with E-state index in [1.54, 1.807) is 25.3 Å². The molecule has 0 saturated carbocycles. The maximum atomic E-state index is 14.0. The minimum absolute atomic E-state index is 0.306. The maximum Gasteiger partial charge on any atom is 0.200 e. The molecule has 0 fully saturated rings. The Bertz CT molecular complexity index is 650. The zero-order chi connectivity index (χ0) is 14.7. The standard InChI is InChI=1S/C14H13BrFNO2S/c1-3-18-14(20)8(2)19-11-5-9-4-10(15)7-17-13(9)12(16)6-11/h4-8H,3H2,1-2H3. The van der Waals surface area contributed by atoms with E-state index in [0.29, 0.717) is 28.3 Å². The molecule has 0 spiro atoms. The second-order valence-corrected chi connectivity index (χ2v) is 5.46. The summed E-state index contributed by atoms with van der Waals surface area (Å²) in [6.07, 6.45) is 1.13. The minimum Gasteiger partial charge on any atom is -0.484 e. The molecule has 3 nitrogen and oxygen atoms in total. The molecule has 20 heavy (non-hydrogen) atoms. The van der Waals surface area contributed by atoms with E-state index in [1.165, 1.54) is 6.07 Å². The largest absolute Gasteiger partial charge is 0.484 e. The number of benzene rings is 1. The number of thiocarbonyl (C=S) groups is 1. The molecular weight excluding hydrogens is 345 g/mol. The van der Waals surface area contributed by atoms with Crippen LogP contribution in [0.25, 0.3) is 10.9 Å². The third-order valence-electron chi connectivity index (χ3n) is 2.61. The summed E-state index contributed by atoms with van der Waals surface area (Å²) in [7, 11) is 0. The van der Waals surface area contributed by atoms with Gasteiger partial charge in [-0.1, -0.05) is 0 Å². The first-order valence-corrected chi connectivity index (χ1v) is 7.29. The fourth-order valence-corrected chi connectivity index (χ4v) is 2.25. The third kappa shape index (κ3) is 3.43. The molecule has 0 bridgehead atoms. The van der Waals surface area contributed by atoms with Crippen LogP contribution in [0.4, 0.5) is 4.39 Å². The first-order valence-electron chi connectivity index (χ1n) is 6.09. The van der Waals surface area contributed by atoms with Crippen LogP contribution in [0.15, 0.2) is 28.9 Å². The van der Waals surface area contributed by atoms with Gasteiger partial charge in [0.1, 0.15) is 11.3 Å². The van der Waals surface area contributed by atoms with Crippen molar-refractivity contribution in [1.82, 2.24) is 4.98 Å². The molecule has 0 amide bonds. The predicted octanol–water partition coefficient (Wildman–Crippen LogP) is 4.27. The van der Waals surface area contributed by atoms with E-state index in [0.717, 1.165) is 4.47 Å². The molecule has 1 unspecified atom stereocenters. The van der Waals surface area contributed by atoms with Crippen molar-refractivity contribution in [2.24, 2.45) is 0 Å². The summed E-state index contributed by atoms with van der Waals surface area (Å²) in [5, 5.41) is 1.00. The molecule has 0 saturated heterocycles. The summed E-state index contributed by atoms with van der Waals surface area (Å²) in [5.41, 5.74) is 0.306. The Morgan fingerprint density at radius 2 is 2.20 bits per heavy atom. The number of nitrogens with zero attached hydrogens (tertiary/aromatic N) is 1. The Balaban J connectivity index is 2.29. The topological polar surface area (TPSA) is 31.4 Å². The van der Waals surface area contributed by atoms with Gasteiger partial charge in [-0.2, -0.15) is 0 Å². The number of ether oxygens (including phenoxy) is 2. The van der Waals surface area contributed by atoms with Crippen LogP contribution in [0.3, 0.4) is 0 Å². The van der Waals surface area contributed by atoms with E-state index in [2.05, 4.69) is 20.9 Å². The van der Waals surface area contributed by atoms with Gasteiger partial charge in [0.15, 0.2) is 11.9 Å². The van der Waals surface area contributed by atoms with Gasteiger partial charge < -0.3 is 9.47 Å². The summed E-state index contributed by atoms with van der Waals surface area (Å²) >= 11 is 8.37. The Morgan fingerprint density at radius 3 is 2.90 bits per heavy atom. The average molecular weight is 358 g/mol. The number of halogens is 2. The van der Waals surface area contributed by atoms with Crippen molar-refractivity contribution in [1.29, 1.82) is 0 Å². The average Bonchev–Trinajstić information content (AvgIpc) is 2.38. The highest BCUT2D eigenvalue weighted by Gasteiger charge is 2.13. The maximum absolute atomic E-state index is 14.0. The highest BCUT2D eigenvalue weighted by atomic mass is 79.9. The van der Waals surface area contributed by atoms with Crippen LogP contribution < -0.4 is 4.74 Å². The van der Waals surface area contributed by atoms with Crippen molar-refractivity contribution in [3.8, 4) is 5.75 Å². The van der Waals surface area contributed by atoms with Gasteiger partial charge in [-0.3, -0.25) is 4.98 Å². The van der Waals surface area contributed by atoms with Gasteiger partial charge in [0, 0.05) is 22.1 Å². The fourth-order valence-electron chi connectivity index (χ4n) is 1.73. The Kier molecular flexibility index (Phi) is 4.88. The van der Waals surface area contributed by atoms with Gasteiger partial charge >= 0.3 is 0 Å². The van der Waals surface area contributed by atoms with Crippen LogP contribution in [0.1, 0.15) is 13.8 Å². The summed E-state index contributed by atoms with van der Waals surface area (Å²) in [5.74, 6) is -0.0380. The van der Waals surface area contributed by atoms with E-state index in [4.69, 9.17) is 21.7 Å². The summed E-state index contributed by atoms with van der Waals surface area (Å²) in [6, 6.07) is 4.80. The molecule has 1 heterocycles. The number of aromatic nitrogens is 1. The van der Waals surface area contributed by atoms with E-state index in [-0.39, 0.29) is 0 Å². The van der Waals surface area contributed by atoms with Gasteiger partial charge in [-0.25, -0.2) is 4.39 Å². The highest BCUT2D eigenvalue weighted by molar-refractivity contribution is 9.10. The van der Waals surface area contributed by atoms with Crippen LogP contribution in [0.5, 0.6) is 5.75 Å². The zero-order valence-electron chi connectivity index (χ0n) is 11.0. The van der Waals surface area contributed by atoms with E-state index in [1.807, 2.05) is 6.92 Å². The Morgan fingerprint density at radius 1 is 1.45 bits per heavy atom. The quantitative estimate of drug-likeness (QED) is 0.764. The van der Waals surface area contributed by atoms with Gasteiger partial charge in [0.05, 0.1) is 6.61 Å². The molecule has 0 radical (unpaired) electrons. The fraction of sp³-hybridized carbons (Fsp3) is 0.286. The molecule has 2 rings (SSSR count). The van der Waals surface area contributed by atoms with Gasteiger partial charge in [0.2, 0.25) is 5.05 Å². The number of pyridine rings is 1. The minimum atomic E-state index is -0.431. The molecule has 0 aliphatic heterocycles. The predicted molar refractivity (Wildman–Crippen MR) is 83.7 cm³/mol. The third-order valence-corrected chi connectivity index (χ3v) is 3.49. The lowest BCUT2D eigenvalue weighted by Gasteiger charge is -2.16. The number of hydrogen-bond acceptors (Lipinski definition) is 4. The number of hydrogen-bond donors (Lipinski definition) is 0. The summed E-state index contributed by atoms with van der Waals surface area (Å²) < 4.78 is 25.5. The van der Waals surface area contributed by atoms with Crippen LogP contribution in [-0.4, -0.2) is 22.7 Å². The monoisotopic (exact) mass is 357 g/mol. The van der Waals surface area contributed by atoms with E-state index in [9.17, 15) is 4.39 Å². The first kappa shape index (κ1) is 15.1. The molecule has 2 aromatic rings. The molecule has 1 aromatic carbocycles. The van der Waals surface area contributed by atoms with Crippen LogP contribution in [0, 0.1) is 5.82 Å². The lowest BCUT2D eigenvalue weighted by atomic mass is 10.2. The van der Waals surface area contributed by atoms with Gasteiger partial charge in [-0.05, 0) is 54.1 Å².